The number of phenolic OH excluding ortho intramolecular Hbond substituents is 4. The molecule has 0 saturated heterocycles. The van der Waals surface area contributed by atoms with Gasteiger partial charge in [-0.2, -0.15) is 0 Å². The van der Waals surface area contributed by atoms with Crippen molar-refractivity contribution in [3.63, 3.8) is 0 Å². The minimum Gasteiger partial charge on any atom is -0.504 e. The normalized spacial score (nSPS) is 11.0. The molecule has 0 aliphatic carbocycles. The van der Waals surface area contributed by atoms with Gasteiger partial charge in [-0.3, -0.25) is 20.2 Å². The maximum Gasteiger partial charge on any atom is 0.319 e. The maximum atomic E-state index is 11.2. The fraction of sp³-hybridized carbons (Fsp3) is 0.600. The van der Waals surface area contributed by atoms with Crippen LogP contribution in [0, 0.1) is 20.2 Å². The quantitative estimate of drug-likeness (QED) is 0.0186. The van der Waals surface area contributed by atoms with Gasteiger partial charge in [0.05, 0.1) is 9.85 Å². The second-order valence-electron chi connectivity index (χ2n) is 10.7. The van der Waals surface area contributed by atoms with Gasteiger partial charge in [0.15, 0.2) is 11.5 Å². The molecule has 2 aromatic carbocycles. The van der Waals surface area contributed by atoms with Crippen molar-refractivity contribution in [1.29, 1.82) is 0 Å². The molecule has 17 heteroatoms. The summed E-state index contributed by atoms with van der Waals surface area (Å²) in [5.74, 6) is -0.260. The molecule has 266 valence electrons. The molecule has 0 unspecified atom stereocenters. The first-order chi connectivity index (χ1) is 22.2. The van der Waals surface area contributed by atoms with E-state index in [2.05, 4.69) is 21.3 Å². The molecule has 0 amide bonds. The van der Waals surface area contributed by atoms with E-state index in [1.165, 1.54) is 24.3 Å². The molecule has 2 aromatic rings. The van der Waals surface area contributed by atoms with E-state index < -0.39 is 44.2 Å². The smallest absolute Gasteiger partial charge is 0.319 e. The summed E-state index contributed by atoms with van der Waals surface area (Å²) in [4.78, 5) is 21.0. The number of nitro groups is 2. The highest BCUT2D eigenvalue weighted by Gasteiger charge is 2.23. The summed E-state index contributed by atoms with van der Waals surface area (Å²) in [6, 6.07) is 5.42. The zero-order chi connectivity index (χ0) is 33.6. The van der Waals surface area contributed by atoms with E-state index in [0.29, 0.717) is 11.1 Å². The van der Waals surface area contributed by atoms with Crippen molar-refractivity contribution >= 4 is 49.9 Å². The Morgan fingerprint density at radius 2 is 0.872 bits per heavy atom. The molecule has 0 aliphatic rings. The van der Waals surface area contributed by atoms with Gasteiger partial charge < -0.3 is 41.7 Å². The Kier molecular flexibility index (Phi) is 23.0. The van der Waals surface area contributed by atoms with Crippen molar-refractivity contribution in [1.82, 2.24) is 21.3 Å². The molecule has 8 N–H and O–H groups in total. The largest absolute Gasteiger partial charge is 0.504 e. The average Bonchev–Trinajstić information content (AvgIpc) is 3.02. The Balaban J connectivity index is 0.0000110. The third-order valence-corrected chi connectivity index (χ3v) is 9.55. The van der Waals surface area contributed by atoms with Crippen LogP contribution in [0.1, 0.15) is 62.5 Å². The third kappa shape index (κ3) is 16.9. The number of unbranched alkanes of at least 4 members (excludes halogenated alkanes) is 6. The van der Waals surface area contributed by atoms with Crippen LogP contribution in [-0.2, 0) is 13.1 Å². The van der Waals surface area contributed by atoms with Crippen LogP contribution >= 0.6 is 38.6 Å². The summed E-state index contributed by atoms with van der Waals surface area (Å²) in [7, 11) is 3.76. The number of nitro benzene ring substituents is 2. The number of benzene rings is 2. The Hall–Kier alpha value is -2.54. The fourth-order valence-corrected chi connectivity index (χ4v) is 6.56. The molecule has 14 nitrogen and oxygen atoms in total. The third-order valence-electron chi connectivity index (χ3n) is 7.14. The molecular weight excluding hydrogens is 716 g/mol. The van der Waals surface area contributed by atoms with E-state index in [-0.39, 0.29) is 30.1 Å². The standard InChI is InChI=1S/C30H48N6O8S2.BrH/c37-25-11-9-23(27(29(25)39)35(41)42)21-33-15-7-3-1-5-13-31-17-19-45-46-20-18-32-14-6-2-4-8-16-34-22-24-10-12-26(38)30(40)28(24)36(43)44;/h9-12,31-34,37-40H,1-8,13-22H2;1H. The first kappa shape index (κ1) is 42.5. The van der Waals surface area contributed by atoms with Crippen LogP contribution in [0.4, 0.5) is 11.4 Å². The number of hydrogen-bond donors (Lipinski definition) is 8. The molecular formula is C30H49BrN6O8S2. The molecule has 0 aliphatic heterocycles. The second kappa shape index (κ2) is 25.5. The van der Waals surface area contributed by atoms with Gasteiger partial charge >= 0.3 is 11.4 Å². The summed E-state index contributed by atoms with van der Waals surface area (Å²) < 4.78 is 0. The molecule has 0 atom stereocenters. The molecule has 0 fully saturated rings. The van der Waals surface area contributed by atoms with Crippen molar-refractivity contribution in [3.05, 3.63) is 55.6 Å². The predicted octanol–water partition coefficient (Wildman–Crippen LogP) is 5.46. The van der Waals surface area contributed by atoms with Crippen molar-refractivity contribution < 1.29 is 30.3 Å². The maximum absolute atomic E-state index is 11.2. The molecule has 2 rings (SSSR count). The average molecular weight is 766 g/mol. The van der Waals surface area contributed by atoms with E-state index in [1.807, 2.05) is 21.6 Å². The van der Waals surface area contributed by atoms with Crippen molar-refractivity contribution in [2.24, 2.45) is 0 Å². The highest BCUT2D eigenvalue weighted by molar-refractivity contribution is 8.93. The topological polar surface area (TPSA) is 215 Å². The van der Waals surface area contributed by atoms with E-state index in [1.54, 1.807) is 0 Å². The summed E-state index contributed by atoms with van der Waals surface area (Å²) in [5, 5.41) is 74.0. The van der Waals surface area contributed by atoms with Gasteiger partial charge in [0.2, 0.25) is 11.5 Å². The number of phenols is 4. The van der Waals surface area contributed by atoms with Crippen LogP contribution < -0.4 is 21.3 Å². The number of nitrogens with zero attached hydrogens (tertiary/aromatic N) is 2. The van der Waals surface area contributed by atoms with Crippen LogP contribution in [0.5, 0.6) is 23.0 Å². The van der Waals surface area contributed by atoms with Crippen molar-refractivity contribution in [2.75, 3.05) is 50.8 Å². The number of nitrogens with one attached hydrogen (secondary N) is 4. The fourth-order valence-electron chi connectivity index (χ4n) is 4.66. The Labute approximate surface area is 294 Å². The lowest BCUT2D eigenvalue weighted by atomic mass is 10.1. The molecule has 0 spiro atoms. The summed E-state index contributed by atoms with van der Waals surface area (Å²) >= 11 is 0. The van der Waals surface area contributed by atoms with Gasteiger partial charge in [0.25, 0.3) is 0 Å². The summed E-state index contributed by atoms with van der Waals surface area (Å²) in [5.41, 5.74) is -0.216. The van der Waals surface area contributed by atoms with Gasteiger partial charge in [-0.15, -0.1) is 17.0 Å². The molecule has 47 heavy (non-hydrogen) atoms. The monoisotopic (exact) mass is 764 g/mol. The van der Waals surface area contributed by atoms with E-state index in [4.69, 9.17) is 0 Å². The molecule has 0 radical (unpaired) electrons. The van der Waals surface area contributed by atoms with Crippen molar-refractivity contribution in [2.45, 2.75) is 64.5 Å². The van der Waals surface area contributed by atoms with Crippen LogP contribution in [0.25, 0.3) is 0 Å². The van der Waals surface area contributed by atoms with Crippen LogP contribution in [0.15, 0.2) is 24.3 Å². The van der Waals surface area contributed by atoms with E-state index in [0.717, 1.165) is 102 Å². The number of rotatable bonds is 27. The SMILES string of the molecule is Br.O=[N+]([O-])c1c(CNCCCCCCNCCSSCCNCCCCCCNCc2ccc(O)c(O)c2[N+](=O)[O-])ccc(O)c1O. The minimum atomic E-state index is -0.693. The zero-order valence-corrected chi connectivity index (χ0v) is 29.9. The lowest BCUT2D eigenvalue weighted by Gasteiger charge is -2.08. The van der Waals surface area contributed by atoms with Crippen LogP contribution in [0.3, 0.4) is 0 Å². The lowest BCUT2D eigenvalue weighted by Crippen LogP contribution is -2.19. The predicted molar refractivity (Wildman–Crippen MR) is 194 cm³/mol. The molecule has 0 aromatic heterocycles. The van der Waals surface area contributed by atoms with Crippen LogP contribution in [0.2, 0.25) is 0 Å². The first-order valence-corrected chi connectivity index (χ1v) is 18.2. The Bertz CT molecular complexity index is 1130. The number of halogens is 1. The Morgan fingerprint density at radius 3 is 1.21 bits per heavy atom. The van der Waals surface area contributed by atoms with E-state index >= 15 is 0 Å². The zero-order valence-electron chi connectivity index (χ0n) is 26.6. The molecule has 0 bridgehead atoms. The number of hydrogen-bond acceptors (Lipinski definition) is 14. The van der Waals surface area contributed by atoms with Gasteiger partial charge in [-0.25, -0.2) is 0 Å². The van der Waals surface area contributed by atoms with Gasteiger partial charge in [-0.05, 0) is 76.1 Å². The van der Waals surface area contributed by atoms with Gasteiger partial charge in [-0.1, -0.05) is 47.3 Å². The second-order valence-corrected chi connectivity index (χ2v) is 13.4. The van der Waals surface area contributed by atoms with Crippen molar-refractivity contribution in [3.8, 4) is 23.0 Å². The minimum absolute atomic E-state index is 0. The Morgan fingerprint density at radius 1 is 0.532 bits per heavy atom. The van der Waals surface area contributed by atoms with E-state index in [9.17, 15) is 40.7 Å². The first-order valence-electron chi connectivity index (χ1n) is 15.7. The lowest BCUT2D eigenvalue weighted by molar-refractivity contribution is -0.386. The summed E-state index contributed by atoms with van der Waals surface area (Å²) in [6.45, 7) is 5.90. The molecule has 0 heterocycles. The van der Waals surface area contributed by atoms with Crippen LogP contribution in [-0.4, -0.2) is 81.0 Å². The highest BCUT2D eigenvalue weighted by Crippen LogP contribution is 2.38. The summed E-state index contributed by atoms with van der Waals surface area (Å²) in [6.07, 6.45) is 8.48. The van der Waals surface area contributed by atoms with Gasteiger partial charge in [0, 0.05) is 48.8 Å². The number of aromatic hydroxyl groups is 4. The van der Waals surface area contributed by atoms with Gasteiger partial charge in [0.1, 0.15) is 0 Å². The highest BCUT2D eigenvalue weighted by atomic mass is 79.9. The molecule has 0 saturated carbocycles.